The van der Waals surface area contributed by atoms with E-state index in [0.717, 1.165) is 16.7 Å². The van der Waals surface area contributed by atoms with Crippen LogP contribution in [0.4, 0.5) is 4.39 Å². The lowest BCUT2D eigenvalue weighted by Crippen LogP contribution is -2.23. The highest BCUT2D eigenvalue weighted by Crippen LogP contribution is 2.23. The molecule has 0 saturated heterocycles. The Balaban J connectivity index is 2.29. The van der Waals surface area contributed by atoms with Gasteiger partial charge in [-0.15, -0.1) is 0 Å². The van der Waals surface area contributed by atoms with Crippen LogP contribution < -0.4 is 5.32 Å². The molecule has 1 aromatic heterocycles. The second-order valence-corrected chi connectivity index (χ2v) is 3.81. The van der Waals surface area contributed by atoms with E-state index in [1.807, 2.05) is 17.5 Å². The summed E-state index contributed by atoms with van der Waals surface area (Å²) >= 11 is 1.64. The van der Waals surface area contributed by atoms with Gasteiger partial charge in [0.25, 0.3) is 0 Å². The molecule has 1 atom stereocenters. The zero-order valence-corrected chi connectivity index (χ0v) is 8.07. The Labute approximate surface area is 80.6 Å². The number of rotatable bonds is 1. The maximum atomic E-state index is 13.0. The van der Waals surface area contributed by atoms with Crippen LogP contribution in [-0.4, -0.2) is 6.30 Å². The minimum Gasteiger partial charge on any atom is -0.358 e. The number of hydrogen-bond donors (Lipinski definition) is 1. The van der Waals surface area contributed by atoms with Gasteiger partial charge in [0.2, 0.25) is 0 Å². The van der Waals surface area contributed by atoms with Gasteiger partial charge >= 0.3 is 0 Å². The van der Waals surface area contributed by atoms with Crippen LogP contribution in [0.1, 0.15) is 12.5 Å². The van der Waals surface area contributed by atoms with E-state index in [4.69, 9.17) is 0 Å². The molecule has 2 rings (SSSR count). The minimum atomic E-state index is -1.03. The summed E-state index contributed by atoms with van der Waals surface area (Å²) in [7, 11) is 0. The normalized spacial score (nSPS) is 21.8. The van der Waals surface area contributed by atoms with E-state index in [9.17, 15) is 4.39 Å². The summed E-state index contributed by atoms with van der Waals surface area (Å²) in [6, 6.07) is 2.03. The molecule has 0 aromatic carbocycles. The smallest absolute Gasteiger partial charge is 0.191 e. The Morgan fingerprint density at radius 3 is 3.00 bits per heavy atom. The molecule has 0 saturated carbocycles. The van der Waals surface area contributed by atoms with Crippen molar-refractivity contribution in [1.29, 1.82) is 0 Å². The third-order valence-corrected chi connectivity index (χ3v) is 2.71. The monoisotopic (exact) mass is 195 g/mol. The van der Waals surface area contributed by atoms with Gasteiger partial charge in [-0.3, -0.25) is 0 Å². The number of dihydropyridines is 1. The molecule has 0 amide bonds. The summed E-state index contributed by atoms with van der Waals surface area (Å²) < 4.78 is 13.0. The first-order chi connectivity index (χ1) is 6.27. The number of halogens is 1. The number of hydrogen-bond acceptors (Lipinski definition) is 2. The Bertz CT molecular complexity index is 351. The fourth-order valence-corrected chi connectivity index (χ4v) is 1.91. The van der Waals surface area contributed by atoms with Crippen molar-refractivity contribution in [3.8, 4) is 0 Å². The minimum absolute atomic E-state index is 0.726. The average molecular weight is 195 g/mol. The molecular formula is C10H10FNS. The van der Waals surface area contributed by atoms with Crippen LogP contribution in [0.5, 0.6) is 0 Å². The summed E-state index contributed by atoms with van der Waals surface area (Å²) in [6.45, 7) is 1.79. The maximum absolute atomic E-state index is 13.0. The van der Waals surface area contributed by atoms with Crippen LogP contribution in [0.3, 0.4) is 0 Å². The quantitative estimate of drug-likeness (QED) is 0.679. The lowest BCUT2D eigenvalue weighted by atomic mass is 10.0. The largest absolute Gasteiger partial charge is 0.358 e. The first-order valence-corrected chi connectivity index (χ1v) is 5.03. The lowest BCUT2D eigenvalue weighted by Gasteiger charge is -2.16. The molecule has 0 fully saturated rings. The van der Waals surface area contributed by atoms with Gasteiger partial charge in [-0.1, -0.05) is 0 Å². The molecular weight excluding hydrogens is 185 g/mol. The Hall–Kier alpha value is -1.09. The highest BCUT2D eigenvalue weighted by atomic mass is 32.1. The maximum Gasteiger partial charge on any atom is 0.191 e. The van der Waals surface area contributed by atoms with Crippen molar-refractivity contribution in [2.75, 3.05) is 0 Å². The van der Waals surface area contributed by atoms with E-state index in [2.05, 4.69) is 10.7 Å². The highest BCUT2D eigenvalue weighted by molar-refractivity contribution is 7.08. The van der Waals surface area contributed by atoms with Crippen LogP contribution in [0.2, 0.25) is 0 Å². The first-order valence-electron chi connectivity index (χ1n) is 4.08. The van der Waals surface area contributed by atoms with Gasteiger partial charge in [-0.05, 0) is 46.5 Å². The van der Waals surface area contributed by atoms with E-state index in [-0.39, 0.29) is 0 Å². The van der Waals surface area contributed by atoms with Gasteiger partial charge in [-0.2, -0.15) is 11.3 Å². The Morgan fingerprint density at radius 2 is 2.38 bits per heavy atom. The number of alkyl halides is 1. The van der Waals surface area contributed by atoms with Crippen molar-refractivity contribution in [2.45, 2.75) is 13.2 Å². The number of nitrogens with one attached hydrogen (secondary N) is 1. The molecule has 13 heavy (non-hydrogen) atoms. The van der Waals surface area contributed by atoms with Gasteiger partial charge in [0.1, 0.15) is 0 Å². The molecule has 1 N–H and O–H groups in total. The van der Waals surface area contributed by atoms with Gasteiger partial charge < -0.3 is 5.32 Å². The van der Waals surface area contributed by atoms with E-state index >= 15 is 0 Å². The van der Waals surface area contributed by atoms with E-state index in [1.54, 1.807) is 24.5 Å². The summed E-state index contributed by atoms with van der Waals surface area (Å²) in [5.74, 6) is 0. The summed E-state index contributed by atoms with van der Waals surface area (Å²) in [5.41, 5.74) is 2.92. The van der Waals surface area contributed by atoms with Crippen molar-refractivity contribution >= 4 is 16.9 Å². The van der Waals surface area contributed by atoms with Crippen molar-refractivity contribution in [1.82, 2.24) is 5.32 Å². The molecule has 1 nitrogen and oxygen atoms in total. The van der Waals surface area contributed by atoms with Gasteiger partial charge in [0.05, 0.1) is 0 Å². The van der Waals surface area contributed by atoms with Crippen molar-refractivity contribution in [3.63, 3.8) is 0 Å². The second kappa shape index (κ2) is 3.34. The Morgan fingerprint density at radius 1 is 1.54 bits per heavy atom. The molecule has 0 spiro atoms. The predicted molar refractivity (Wildman–Crippen MR) is 54.1 cm³/mol. The number of allylic oxidation sites excluding steroid dienone is 2. The van der Waals surface area contributed by atoms with Crippen LogP contribution in [0.25, 0.3) is 5.57 Å². The van der Waals surface area contributed by atoms with Crippen LogP contribution in [0.15, 0.2) is 34.7 Å². The molecule has 0 bridgehead atoms. The van der Waals surface area contributed by atoms with Crippen LogP contribution >= 0.6 is 11.3 Å². The molecule has 2 heterocycles. The van der Waals surface area contributed by atoms with Crippen LogP contribution in [0, 0.1) is 0 Å². The van der Waals surface area contributed by atoms with Crippen molar-refractivity contribution in [2.24, 2.45) is 0 Å². The molecule has 0 radical (unpaired) electrons. The number of thiophene rings is 1. The van der Waals surface area contributed by atoms with E-state index < -0.39 is 6.30 Å². The lowest BCUT2D eigenvalue weighted by molar-refractivity contribution is 0.347. The molecule has 1 aliphatic rings. The van der Waals surface area contributed by atoms with Gasteiger partial charge in [0.15, 0.2) is 6.30 Å². The van der Waals surface area contributed by atoms with Gasteiger partial charge in [-0.25, -0.2) is 4.39 Å². The highest BCUT2D eigenvalue weighted by Gasteiger charge is 2.12. The first kappa shape index (κ1) is 8.51. The average Bonchev–Trinajstić information content (AvgIpc) is 2.62. The van der Waals surface area contributed by atoms with Crippen molar-refractivity contribution < 1.29 is 4.39 Å². The van der Waals surface area contributed by atoms with Crippen LogP contribution in [-0.2, 0) is 0 Å². The SMILES string of the molecule is CC1=CC(c2ccsc2)=CNC1F. The topological polar surface area (TPSA) is 12.0 Å². The van der Waals surface area contributed by atoms with Crippen molar-refractivity contribution in [3.05, 3.63) is 40.2 Å². The zero-order valence-electron chi connectivity index (χ0n) is 7.25. The zero-order chi connectivity index (χ0) is 9.26. The summed E-state index contributed by atoms with van der Waals surface area (Å²) in [6.07, 6.45) is 2.57. The van der Waals surface area contributed by atoms with Gasteiger partial charge in [0, 0.05) is 6.20 Å². The van der Waals surface area contributed by atoms with E-state index in [0.29, 0.717) is 0 Å². The summed E-state index contributed by atoms with van der Waals surface area (Å²) in [5, 5.41) is 6.74. The molecule has 1 aliphatic heterocycles. The molecule has 1 aromatic rings. The fourth-order valence-electron chi connectivity index (χ4n) is 1.25. The third-order valence-electron chi connectivity index (χ3n) is 2.02. The molecule has 0 aliphatic carbocycles. The standard InChI is InChI=1S/C10H10FNS/c1-7-4-9(5-12-10(7)11)8-2-3-13-6-8/h2-6,10,12H,1H3. The van der Waals surface area contributed by atoms with E-state index in [1.165, 1.54) is 0 Å². The predicted octanol–water partition coefficient (Wildman–Crippen LogP) is 2.93. The second-order valence-electron chi connectivity index (χ2n) is 3.03. The molecule has 68 valence electrons. The molecule has 3 heteroatoms. The Kier molecular flexibility index (Phi) is 2.19. The summed E-state index contributed by atoms with van der Waals surface area (Å²) in [4.78, 5) is 0. The molecule has 1 unspecified atom stereocenters. The third kappa shape index (κ3) is 1.65. The fraction of sp³-hybridized carbons (Fsp3) is 0.200.